The van der Waals surface area contributed by atoms with Crippen molar-refractivity contribution in [2.75, 3.05) is 31.3 Å². The van der Waals surface area contributed by atoms with E-state index in [2.05, 4.69) is 44.2 Å². The van der Waals surface area contributed by atoms with Crippen LogP contribution in [0.1, 0.15) is 51.0 Å². The lowest BCUT2D eigenvalue weighted by Crippen LogP contribution is -2.29. The average molecular weight is 389 g/mol. The quantitative estimate of drug-likeness (QED) is 0.341. The third-order valence-corrected chi connectivity index (χ3v) is 4.78. The molecule has 0 amide bonds. The molecule has 1 aliphatic rings. The normalized spacial score (nSPS) is 20.6. The molecule has 1 fully saturated rings. The summed E-state index contributed by atoms with van der Waals surface area (Å²) >= 11 is 0. The number of aliphatic hydroxyl groups excluding tert-OH is 1. The molecule has 0 aromatic carbocycles. The van der Waals surface area contributed by atoms with Gasteiger partial charge in [0.1, 0.15) is 5.82 Å². The van der Waals surface area contributed by atoms with Crippen LogP contribution >= 0.6 is 0 Å². The van der Waals surface area contributed by atoms with Crippen LogP contribution in [0.4, 0.5) is 11.8 Å². The summed E-state index contributed by atoms with van der Waals surface area (Å²) in [4.78, 5) is 17.3. The third kappa shape index (κ3) is 6.30. The van der Waals surface area contributed by atoms with Crippen LogP contribution in [0.3, 0.4) is 0 Å². The van der Waals surface area contributed by atoms with Gasteiger partial charge in [-0.25, -0.2) is 4.98 Å². The van der Waals surface area contributed by atoms with Gasteiger partial charge in [0.05, 0.1) is 24.5 Å². The summed E-state index contributed by atoms with van der Waals surface area (Å²) in [5.74, 6) is 1.72. The number of anilines is 2. The Labute approximate surface area is 167 Å². The summed E-state index contributed by atoms with van der Waals surface area (Å²) in [7, 11) is 3.21. The molecule has 0 unspecified atom stereocenters. The molecule has 0 atom stereocenters. The zero-order valence-corrected chi connectivity index (χ0v) is 17.1. The fourth-order valence-electron chi connectivity index (χ4n) is 3.10. The van der Waals surface area contributed by atoms with Gasteiger partial charge in [0.2, 0.25) is 11.8 Å². The van der Waals surface area contributed by atoms with Crippen molar-refractivity contribution in [3.8, 4) is 0 Å². The Kier molecular flexibility index (Phi) is 8.87. The second-order valence-electron chi connectivity index (χ2n) is 6.84. The van der Waals surface area contributed by atoms with Crippen molar-refractivity contribution in [3.63, 3.8) is 0 Å². The predicted octanol–water partition coefficient (Wildman–Crippen LogP) is 3.12. The van der Waals surface area contributed by atoms with Crippen LogP contribution in [-0.4, -0.2) is 60.5 Å². The average Bonchev–Trinajstić information content (AvgIpc) is 2.72. The summed E-state index contributed by atoms with van der Waals surface area (Å²) in [6.45, 7) is 6.65. The minimum atomic E-state index is -0.204. The first kappa shape index (κ1) is 21.8. The number of unbranched alkanes of at least 4 members (excludes halogenated alkanes) is 1. The Morgan fingerprint density at radius 3 is 2.75 bits per heavy atom. The molecular weight excluding hydrogens is 356 g/mol. The van der Waals surface area contributed by atoms with Gasteiger partial charge < -0.3 is 20.5 Å². The van der Waals surface area contributed by atoms with Gasteiger partial charge in [-0.2, -0.15) is 4.98 Å². The van der Waals surface area contributed by atoms with Crippen LogP contribution in [0.25, 0.3) is 5.70 Å². The van der Waals surface area contributed by atoms with Gasteiger partial charge in [-0.3, -0.25) is 9.98 Å². The molecule has 0 saturated heterocycles. The highest BCUT2D eigenvalue weighted by Gasteiger charge is 2.21. The van der Waals surface area contributed by atoms with Crippen molar-refractivity contribution in [1.82, 2.24) is 9.97 Å². The summed E-state index contributed by atoms with van der Waals surface area (Å²) in [5.41, 5.74) is 1.32. The van der Waals surface area contributed by atoms with Crippen LogP contribution in [0.15, 0.2) is 22.3 Å². The number of nitrogens with zero attached hydrogens (tertiary/aromatic N) is 4. The Morgan fingerprint density at radius 1 is 1.39 bits per heavy atom. The fourth-order valence-corrected chi connectivity index (χ4v) is 3.10. The topological polar surface area (TPSA) is 104 Å². The van der Waals surface area contributed by atoms with Gasteiger partial charge in [-0.15, -0.1) is 0 Å². The largest absolute Gasteiger partial charge is 0.481 e. The van der Waals surface area contributed by atoms with Gasteiger partial charge >= 0.3 is 0 Å². The standard InChI is InChI=1S/C20H32N6O2/c1-5-6-11-23-20-24-13-16(17(21-2)12-18(22-3)28-4)19(26-20)25-14-7-9-15(27)10-8-14/h12-15,27H,2,5-11H2,1,3-4H3,(H2,23,24,25,26). The highest BCUT2D eigenvalue weighted by Crippen LogP contribution is 2.28. The van der Waals surface area contributed by atoms with E-state index in [1.54, 1.807) is 26.4 Å². The number of ether oxygens (including phenoxy) is 1. The predicted molar refractivity (Wildman–Crippen MR) is 115 cm³/mol. The molecule has 28 heavy (non-hydrogen) atoms. The molecule has 8 heteroatoms. The van der Waals surface area contributed by atoms with Gasteiger partial charge in [0, 0.05) is 31.9 Å². The lowest BCUT2D eigenvalue weighted by molar-refractivity contribution is 0.126. The number of hydrogen-bond donors (Lipinski definition) is 3. The van der Waals surface area contributed by atoms with Crippen molar-refractivity contribution >= 4 is 30.1 Å². The van der Waals surface area contributed by atoms with Crippen LogP contribution < -0.4 is 10.6 Å². The number of aliphatic hydroxyl groups is 1. The van der Waals surface area contributed by atoms with E-state index in [1.807, 2.05) is 0 Å². The van der Waals surface area contributed by atoms with Crippen molar-refractivity contribution in [3.05, 3.63) is 17.8 Å². The first-order valence-corrected chi connectivity index (χ1v) is 9.86. The minimum absolute atomic E-state index is 0.204. The number of aromatic nitrogens is 2. The van der Waals surface area contributed by atoms with Crippen molar-refractivity contribution in [2.45, 2.75) is 57.6 Å². The van der Waals surface area contributed by atoms with E-state index in [-0.39, 0.29) is 12.1 Å². The molecular formula is C20H32N6O2. The maximum atomic E-state index is 9.77. The van der Waals surface area contributed by atoms with Crippen molar-refractivity contribution in [2.24, 2.45) is 9.98 Å². The van der Waals surface area contributed by atoms with Crippen LogP contribution in [0.5, 0.6) is 0 Å². The van der Waals surface area contributed by atoms with E-state index < -0.39 is 0 Å². The number of rotatable bonds is 9. The highest BCUT2D eigenvalue weighted by molar-refractivity contribution is 5.96. The van der Waals surface area contributed by atoms with E-state index in [4.69, 9.17) is 4.74 Å². The van der Waals surface area contributed by atoms with Gasteiger partial charge in [0.25, 0.3) is 0 Å². The Bertz CT molecular complexity index is 696. The van der Waals surface area contributed by atoms with E-state index in [9.17, 15) is 5.11 Å². The molecule has 1 saturated carbocycles. The molecule has 8 nitrogen and oxygen atoms in total. The fraction of sp³-hybridized carbons (Fsp3) is 0.600. The molecule has 1 aromatic heterocycles. The Morgan fingerprint density at radius 2 is 2.14 bits per heavy atom. The number of aliphatic imine (C=N–C) groups is 2. The summed E-state index contributed by atoms with van der Waals surface area (Å²) in [6.07, 6.45) is 8.77. The Balaban J connectivity index is 2.32. The maximum Gasteiger partial charge on any atom is 0.224 e. The van der Waals surface area contributed by atoms with Crippen LogP contribution in [0, 0.1) is 0 Å². The first-order chi connectivity index (χ1) is 13.6. The molecule has 1 heterocycles. The molecule has 2 rings (SSSR count). The van der Waals surface area contributed by atoms with E-state index >= 15 is 0 Å². The Hall–Kier alpha value is -2.48. The summed E-state index contributed by atoms with van der Waals surface area (Å²) in [5, 5.41) is 16.5. The highest BCUT2D eigenvalue weighted by atomic mass is 16.5. The lowest BCUT2D eigenvalue weighted by Gasteiger charge is -2.27. The maximum absolute atomic E-state index is 9.77. The van der Waals surface area contributed by atoms with E-state index in [0.717, 1.165) is 50.6 Å². The number of hydrogen-bond acceptors (Lipinski definition) is 8. The zero-order valence-electron chi connectivity index (χ0n) is 17.1. The second-order valence-corrected chi connectivity index (χ2v) is 6.84. The number of methoxy groups -OCH3 is 1. The molecule has 0 spiro atoms. The third-order valence-electron chi connectivity index (χ3n) is 4.78. The van der Waals surface area contributed by atoms with Crippen molar-refractivity contribution < 1.29 is 9.84 Å². The summed E-state index contributed by atoms with van der Waals surface area (Å²) in [6, 6.07) is 0.244. The second kappa shape index (κ2) is 11.4. The van der Waals surface area contributed by atoms with Gasteiger partial charge in [-0.05, 0) is 38.8 Å². The zero-order chi connectivity index (χ0) is 20.4. The SMILES string of the molecule is C=NC(=CC(=NC)OC)c1cnc(NCCCC)nc1NC1CCC(O)CC1. The monoisotopic (exact) mass is 388 g/mol. The number of nitrogens with one attached hydrogen (secondary N) is 2. The van der Waals surface area contributed by atoms with Crippen LogP contribution in [-0.2, 0) is 4.74 Å². The molecule has 0 bridgehead atoms. The molecule has 1 aromatic rings. The van der Waals surface area contributed by atoms with E-state index in [0.29, 0.717) is 23.4 Å². The smallest absolute Gasteiger partial charge is 0.224 e. The van der Waals surface area contributed by atoms with Crippen molar-refractivity contribution in [1.29, 1.82) is 0 Å². The first-order valence-electron chi connectivity index (χ1n) is 9.86. The summed E-state index contributed by atoms with van der Waals surface area (Å²) < 4.78 is 5.23. The van der Waals surface area contributed by atoms with Gasteiger partial charge in [0.15, 0.2) is 0 Å². The van der Waals surface area contributed by atoms with E-state index in [1.165, 1.54) is 0 Å². The van der Waals surface area contributed by atoms with Gasteiger partial charge in [-0.1, -0.05) is 13.3 Å². The lowest BCUT2D eigenvalue weighted by atomic mass is 9.93. The molecule has 1 aliphatic carbocycles. The molecule has 3 N–H and O–H groups in total. The molecule has 0 aliphatic heterocycles. The molecule has 154 valence electrons. The van der Waals surface area contributed by atoms with Crippen LogP contribution in [0.2, 0.25) is 0 Å². The minimum Gasteiger partial charge on any atom is -0.481 e. The molecule has 0 radical (unpaired) electrons.